The van der Waals surface area contributed by atoms with Gasteiger partial charge in [-0.15, -0.1) is 5.10 Å². The molecule has 1 heterocycles. The number of anilines is 1. The molecule has 6 nitrogen and oxygen atoms in total. The highest BCUT2D eigenvalue weighted by Gasteiger charge is 2.37. The molecule has 0 amide bonds. The number of halogens is 4. The van der Waals surface area contributed by atoms with Gasteiger partial charge in [0, 0.05) is 10.7 Å². The molecule has 2 rings (SSSR count). The van der Waals surface area contributed by atoms with Gasteiger partial charge in [-0.1, -0.05) is 26.8 Å². The fourth-order valence-electron chi connectivity index (χ4n) is 2.40. The van der Waals surface area contributed by atoms with Gasteiger partial charge in [0.05, 0.1) is 10.6 Å². The van der Waals surface area contributed by atoms with E-state index in [1.807, 2.05) is 0 Å². The normalized spacial score (nSPS) is 12.8. The highest BCUT2D eigenvalue weighted by molar-refractivity contribution is 8.13. The van der Waals surface area contributed by atoms with E-state index in [0.29, 0.717) is 17.5 Å². The van der Waals surface area contributed by atoms with E-state index < -0.39 is 27.0 Å². The summed E-state index contributed by atoms with van der Waals surface area (Å²) in [5.41, 5.74) is 6.68. The largest absolute Gasteiger partial charge is 0.453 e. The van der Waals surface area contributed by atoms with Crippen LogP contribution in [0.5, 0.6) is 0 Å². The van der Waals surface area contributed by atoms with Gasteiger partial charge in [0.15, 0.2) is 0 Å². The summed E-state index contributed by atoms with van der Waals surface area (Å²) in [6.07, 6.45) is -4.36. The Hall–Kier alpha value is -1.81. The van der Waals surface area contributed by atoms with Crippen LogP contribution in [0, 0.1) is 0 Å². The maximum absolute atomic E-state index is 12.8. The summed E-state index contributed by atoms with van der Waals surface area (Å²) in [5.74, 6) is -2.07. The molecule has 138 valence electrons. The second-order valence-electron chi connectivity index (χ2n) is 5.67. The molecule has 0 aliphatic carbocycles. The van der Waals surface area contributed by atoms with E-state index in [2.05, 4.69) is 10.1 Å². The third-order valence-electron chi connectivity index (χ3n) is 3.59. The summed E-state index contributed by atoms with van der Waals surface area (Å²) in [6.45, 7) is 5.34. The summed E-state index contributed by atoms with van der Waals surface area (Å²) in [5, 5.41) is 3.38. The van der Waals surface area contributed by atoms with E-state index in [4.69, 9.17) is 16.4 Å². The Kier molecular flexibility index (Phi) is 5.06. The van der Waals surface area contributed by atoms with Crippen LogP contribution in [0.4, 0.5) is 19.1 Å². The van der Waals surface area contributed by atoms with E-state index in [9.17, 15) is 21.6 Å². The van der Waals surface area contributed by atoms with Crippen molar-refractivity contribution in [3.8, 4) is 5.69 Å². The lowest BCUT2D eigenvalue weighted by atomic mass is 9.98. The zero-order chi connectivity index (χ0) is 19.2. The number of aryl methyl sites for hydroxylation is 1. The summed E-state index contributed by atoms with van der Waals surface area (Å²) in [7, 11) is 1.38. The number of nitrogen functional groups attached to an aromatic ring is 1. The van der Waals surface area contributed by atoms with E-state index in [1.165, 1.54) is 6.07 Å². The minimum absolute atomic E-state index is 0.0895. The third kappa shape index (κ3) is 3.90. The van der Waals surface area contributed by atoms with Gasteiger partial charge >= 0.3 is 6.18 Å². The van der Waals surface area contributed by atoms with Crippen LogP contribution >= 0.6 is 10.7 Å². The molecule has 11 heteroatoms. The first kappa shape index (κ1) is 19.5. The van der Waals surface area contributed by atoms with Gasteiger partial charge in [-0.2, -0.15) is 22.8 Å². The molecule has 1 aromatic heterocycles. The maximum Gasteiger partial charge on any atom is 0.453 e. The molecule has 2 aromatic rings. The third-order valence-corrected chi connectivity index (χ3v) is 4.97. The molecule has 0 aliphatic rings. The molecule has 0 saturated carbocycles. The van der Waals surface area contributed by atoms with Crippen molar-refractivity contribution in [2.24, 2.45) is 0 Å². The molecule has 2 N–H and O–H groups in total. The van der Waals surface area contributed by atoms with Crippen LogP contribution in [-0.2, 0) is 21.6 Å². The molecular formula is C14H16ClF3N4O2S. The zero-order valence-corrected chi connectivity index (χ0v) is 15.2. The van der Waals surface area contributed by atoms with Crippen LogP contribution in [0.15, 0.2) is 17.0 Å². The van der Waals surface area contributed by atoms with Crippen molar-refractivity contribution in [2.75, 3.05) is 5.73 Å². The Morgan fingerprint density at radius 2 is 1.92 bits per heavy atom. The van der Waals surface area contributed by atoms with E-state index >= 15 is 0 Å². The van der Waals surface area contributed by atoms with Crippen LogP contribution < -0.4 is 5.73 Å². The van der Waals surface area contributed by atoms with Gasteiger partial charge in [0.25, 0.3) is 14.9 Å². The quantitative estimate of drug-likeness (QED) is 0.799. The SMILES string of the molecule is CCc1cc(C(C)C)c(S(=O)(=O)Cl)cc1-n1nc(C(F)(F)F)nc1N. The minimum atomic E-state index is -4.77. The van der Waals surface area contributed by atoms with Crippen LogP contribution in [0.2, 0.25) is 0 Å². The van der Waals surface area contributed by atoms with Gasteiger partial charge in [-0.3, -0.25) is 0 Å². The van der Waals surface area contributed by atoms with Gasteiger partial charge in [0.2, 0.25) is 5.95 Å². The van der Waals surface area contributed by atoms with Crippen molar-refractivity contribution < 1.29 is 21.6 Å². The number of alkyl halides is 3. The van der Waals surface area contributed by atoms with Gasteiger partial charge in [-0.05, 0) is 29.5 Å². The Labute approximate surface area is 147 Å². The van der Waals surface area contributed by atoms with E-state index in [1.54, 1.807) is 26.8 Å². The van der Waals surface area contributed by atoms with Gasteiger partial charge in [0.1, 0.15) is 0 Å². The fraction of sp³-hybridized carbons (Fsp3) is 0.429. The Bertz CT molecular complexity index is 908. The lowest BCUT2D eigenvalue weighted by molar-refractivity contribution is -0.144. The Morgan fingerprint density at radius 1 is 1.32 bits per heavy atom. The highest BCUT2D eigenvalue weighted by atomic mass is 35.7. The average Bonchev–Trinajstić information content (AvgIpc) is 2.86. The Balaban J connectivity index is 2.80. The zero-order valence-electron chi connectivity index (χ0n) is 13.6. The number of nitrogens with two attached hydrogens (primary N) is 1. The molecule has 0 saturated heterocycles. The fourth-order valence-corrected chi connectivity index (χ4v) is 3.63. The number of hydrogen-bond acceptors (Lipinski definition) is 5. The first-order chi connectivity index (χ1) is 11.4. The van der Waals surface area contributed by atoms with Crippen LogP contribution in [-0.4, -0.2) is 23.2 Å². The number of hydrogen-bond donors (Lipinski definition) is 1. The molecule has 0 spiro atoms. The number of aromatic nitrogens is 3. The van der Waals surface area contributed by atoms with Gasteiger partial charge in [-0.25, -0.2) is 8.42 Å². The standard InChI is InChI=1S/C14H16ClF3N4O2S/c1-4-8-5-9(7(2)3)11(25(15,23)24)6-10(8)22-13(19)20-12(21-22)14(16,17)18/h5-7H,4H2,1-3H3,(H2,19,20,21). The first-order valence-corrected chi connectivity index (χ1v) is 9.58. The van der Waals surface area contributed by atoms with E-state index in [-0.39, 0.29) is 16.5 Å². The van der Waals surface area contributed by atoms with Crippen molar-refractivity contribution in [3.63, 3.8) is 0 Å². The minimum Gasteiger partial charge on any atom is -0.368 e. The molecule has 1 aromatic carbocycles. The molecule has 0 bridgehead atoms. The molecule has 0 aliphatic heterocycles. The second kappa shape index (κ2) is 6.49. The first-order valence-electron chi connectivity index (χ1n) is 7.27. The summed E-state index contributed by atoms with van der Waals surface area (Å²) < 4.78 is 63.0. The topological polar surface area (TPSA) is 90.9 Å². The molecule has 0 radical (unpaired) electrons. The van der Waals surface area contributed by atoms with Gasteiger partial charge < -0.3 is 5.73 Å². The lowest BCUT2D eigenvalue weighted by Crippen LogP contribution is -2.11. The van der Waals surface area contributed by atoms with Crippen LogP contribution in [0.3, 0.4) is 0 Å². The average molecular weight is 397 g/mol. The van der Waals surface area contributed by atoms with E-state index in [0.717, 1.165) is 4.68 Å². The molecular weight excluding hydrogens is 381 g/mol. The van der Waals surface area contributed by atoms with Crippen molar-refractivity contribution >= 4 is 25.7 Å². The van der Waals surface area contributed by atoms with Crippen LogP contribution in [0.25, 0.3) is 5.69 Å². The van der Waals surface area contributed by atoms with Crippen molar-refractivity contribution in [3.05, 3.63) is 29.1 Å². The van der Waals surface area contributed by atoms with Crippen molar-refractivity contribution in [2.45, 2.75) is 44.2 Å². The molecule has 0 atom stereocenters. The number of rotatable bonds is 4. The smallest absolute Gasteiger partial charge is 0.368 e. The predicted molar refractivity (Wildman–Crippen MR) is 87.3 cm³/mol. The highest BCUT2D eigenvalue weighted by Crippen LogP contribution is 2.33. The summed E-state index contributed by atoms with van der Waals surface area (Å²) in [4.78, 5) is 3.01. The monoisotopic (exact) mass is 396 g/mol. The predicted octanol–water partition coefficient (Wildman–Crippen LogP) is 3.48. The van der Waals surface area contributed by atoms with Crippen LogP contribution in [0.1, 0.15) is 43.6 Å². The van der Waals surface area contributed by atoms with Crippen molar-refractivity contribution in [1.82, 2.24) is 14.8 Å². The number of benzene rings is 1. The summed E-state index contributed by atoms with van der Waals surface area (Å²) >= 11 is 0. The molecule has 25 heavy (non-hydrogen) atoms. The number of nitrogens with zero attached hydrogens (tertiary/aromatic N) is 3. The summed E-state index contributed by atoms with van der Waals surface area (Å²) in [6, 6.07) is 2.77. The van der Waals surface area contributed by atoms with Crippen molar-refractivity contribution in [1.29, 1.82) is 0 Å². The maximum atomic E-state index is 12.8. The second-order valence-corrected chi connectivity index (χ2v) is 8.20. The Morgan fingerprint density at radius 3 is 2.32 bits per heavy atom. The molecule has 0 fully saturated rings. The molecule has 0 unspecified atom stereocenters. The lowest BCUT2D eigenvalue weighted by Gasteiger charge is -2.16.